The van der Waals surface area contributed by atoms with E-state index in [2.05, 4.69) is 42.3 Å². The van der Waals surface area contributed by atoms with Crippen LogP contribution < -0.4 is 5.32 Å². The van der Waals surface area contributed by atoms with Gasteiger partial charge in [0.1, 0.15) is 0 Å². The van der Waals surface area contributed by atoms with E-state index in [1.54, 1.807) is 19.1 Å². The molecule has 0 aromatic carbocycles. The highest BCUT2D eigenvalue weighted by atomic mass is 79.9. The van der Waals surface area contributed by atoms with Gasteiger partial charge in [-0.25, -0.2) is 0 Å². The fraction of sp³-hybridized carbons (Fsp3) is 0.111. The van der Waals surface area contributed by atoms with Gasteiger partial charge in [0.15, 0.2) is 0 Å². The smallest absolute Gasteiger partial charge is 0.268 e. The maximum Gasteiger partial charge on any atom is 0.268 e. The molecular weight excluding hydrogens is 360 g/mol. The van der Waals surface area contributed by atoms with E-state index in [1.165, 1.54) is 11.3 Å². The van der Waals surface area contributed by atoms with Crippen molar-refractivity contribution in [1.82, 2.24) is 5.16 Å². The van der Waals surface area contributed by atoms with E-state index in [0.29, 0.717) is 10.8 Å². The number of carbonyl (C=O) groups excluding carboxylic acids is 1. The van der Waals surface area contributed by atoms with Crippen LogP contribution >= 0.6 is 43.2 Å². The summed E-state index contributed by atoms with van der Waals surface area (Å²) in [6.07, 6.45) is 0. The van der Waals surface area contributed by atoms with Crippen LogP contribution in [0.4, 0.5) is 5.88 Å². The first kappa shape index (κ1) is 11.8. The van der Waals surface area contributed by atoms with Crippen LogP contribution in [0.3, 0.4) is 0 Å². The summed E-state index contributed by atoms with van der Waals surface area (Å²) < 4.78 is 6.63. The van der Waals surface area contributed by atoms with E-state index in [4.69, 9.17) is 4.52 Å². The number of nitrogens with one attached hydrogen (secondary N) is 1. The quantitative estimate of drug-likeness (QED) is 0.879. The Morgan fingerprint density at radius 1 is 1.50 bits per heavy atom. The minimum absolute atomic E-state index is 0.215. The lowest BCUT2D eigenvalue weighted by atomic mass is 10.4. The predicted octanol–water partition coefficient (Wildman–Crippen LogP) is 3.82. The second-order valence-electron chi connectivity index (χ2n) is 3.02. The summed E-state index contributed by atoms with van der Waals surface area (Å²) in [5.41, 5.74) is 0.726. The van der Waals surface area contributed by atoms with Gasteiger partial charge in [0.05, 0.1) is 14.4 Å². The first-order valence-corrected chi connectivity index (χ1v) is 6.66. The summed E-state index contributed by atoms with van der Waals surface area (Å²) in [4.78, 5) is 12.3. The molecule has 0 saturated heterocycles. The first-order chi connectivity index (χ1) is 7.56. The Balaban J connectivity index is 2.14. The highest BCUT2D eigenvalue weighted by Crippen LogP contribution is 2.32. The molecule has 0 unspecified atom stereocenters. The summed E-state index contributed by atoms with van der Waals surface area (Å²) in [6.45, 7) is 1.79. The van der Waals surface area contributed by atoms with Gasteiger partial charge in [-0.05, 0) is 44.8 Å². The number of rotatable bonds is 2. The minimum atomic E-state index is -0.215. The van der Waals surface area contributed by atoms with Crippen molar-refractivity contribution in [2.45, 2.75) is 6.92 Å². The third kappa shape index (κ3) is 2.53. The molecule has 2 aromatic heterocycles. The fourth-order valence-electron chi connectivity index (χ4n) is 1.05. The molecule has 0 aliphatic heterocycles. The van der Waals surface area contributed by atoms with Gasteiger partial charge in [-0.15, -0.1) is 11.3 Å². The van der Waals surface area contributed by atoms with E-state index in [-0.39, 0.29) is 5.91 Å². The van der Waals surface area contributed by atoms with Gasteiger partial charge in [-0.3, -0.25) is 10.1 Å². The van der Waals surface area contributed by atoms with Crippen molar-refractivity contribution in [3.63, 3.8) is 0 Å². The maximum absolute atomic E-state index is 11.8. The zero-order valence-electron chi connectivity index (χ0n) is 8.08. The molecule has 2 rings (SSSR count). The van der Waals surface area contributed by atoms with Gasteiger partial charge in [-0.1, -0.05) is 5.16 Å². The Hall–Kier alpha value is -0.660. The van der Waals surface area contributed by atoms with Crippen molar-refractivity contribution in [1.29, 1.82) is 0 Å². The van der Waals surface area contributed by atoms with E-state index >= 15 is 0 Å². The van der Waals surface area contributed by atoms with Crippen LogP contribution in [0.1, 0.15) is 15.4 Å². The molecule has 0 bridgehead atoms. The Morgan fingerprint density at radius 2 is 2.25 bits per heavy atom. The number of aromatic nitrogens is 1. The predicted molar refractivity (Wildman–Crippen MR) is 68.9 cm³/mol. The molecule has 0 aliphatic carbocycles. The monoisotopic (exact) mass is 364 g/mol. The average molecular weight is 366 g/mol. The maximum atomic E-state index is 11.8. The van der Waals surface area contributed by atoms with E-state index in [1.807, 2.05) is 0 Å². The molecule has 0 aliphatic rings. The van der Waals surface area contributed by atoms with Crippen LogP contribution in [0.5, 0.6) is 0 Å². The number of carbonyl (C=O) groups is 1. The SMILES string of the molecule is Cc1cc(NC(=O)c2cc(Br)c(Br)s2)on1. The highest BCUT2D eigenvalue weighted by Gasteiger charge is 2.13. The second kappa shape index (κ2) is 4.68. The zero-order chi connectivity index (χ0) is 11.7. The molecule has 1 N–H and O–H groups in total. The summed E-state index contributed by atoms with van der Waals surface area (Å²) in [5.74, 6) is 0.135. The fourth-order valence-corrected chi connectivity index (χ4v) is 2.99. The summed E-state index contributed by atoms with van der Waals surface area (Å²) >= 11 is 8.00. The molecule has 0 fully saturated rings. The molecule has 0 saturated carbocycles. The average Bonchev–Trinajstić information content (AvgIpc) is 2.75. The third-order valence-corrected chi connectivity index (χ3v) is 4.99. The van der Waals surface area contributed by atoms with E-state index in [9.17, 15) is 4.79 Å². The molecule has 2 heterocycles. The van der Waals surface area contributed by atoms with Gasteiger partial charge < -0.3 is 4.52 Å². The normalized spacial score (nSPS) is 10.4. The topological polar surface area (TPSA) is 55.1 Å². The van der Waals surface area contributed by atoms with Gasteiger partial charge in [0.25, 0.3) is 5.91 Å². The Labute approximate surface area is 112 Å². The van der Waals surface area contributed by atoms with Crippen LogP contribution in [0.2, 0.25) is 0 Å². The molecule has 4 nitrogen and oxygen atoms in total. The van der Waals surface area contributed by atoms with Crippen molar-refractivity contribution in [2.24, 2.45) is 0 Å². The second-order valence-corrected chi connectivity index (χ2v) is 6.24. The number of aryl methyl sites for hydroxylation is 1. The number of anilines is 1. The molecule has 1 amide bonds. The number of hydrogen-bond donors (Lipinski definition) is 1. The lowest BCUT2D eigenvalue weighted by Crippen LogP contribution is -2.09. The molecule has 2 aromatic rings. The minimum Gasteiger partial charge on any atom is -0.338 e. The lowest BCUT2D eigenvalue weighted by molar-refractivity contribution is 0.102. The van der Waals surface area contributed by atoms with E-state index in [0.717, 1.165) is 14.0 Å². The van der Waals surface area contributed by atoms with Crippen LogP contribution in [0, 0.1) is 6.92 Å². The van der Waals surface area contributed by atoms with Crippen molar-refractivity contribution in [3.8, 4) is 0 Å². The summed E-state index contributed by atoms with van der Waals surface area (Å²) in [6, 6.07) is 3.41. The number of nitrogens with zero attached hydrogens (tertiary/aromatic N) is 1. The summed E-state index contributed by atoms with van der Waals surface area (Å²) in [7, 11) is 0. The molecule has 7 heteroatoms. The number of hydrogen-bond acceptors (Lipinski definition) is 4. The van der Waals surface area contributed by atoms with Crippen LogP contribution in [0.15, 0.2) is 24.9 Å². The highest BCUT2D eigenvalue weighted by molar-refractivity contribution is 9.13. The van der Waals surface area contributed by atoms with Gasteiger partial charge >= 0.3 is 0 Å². The first-order valence-electron chi connectivity index (χ1n) is 4.26. The van der Waals surface area contributed by atoms with Gasteiger partial charge in [0.2, 0.25) is 5.88 Å². The number of halogens is 2. The Kier molecular flexibility index (Phi) is 3.46. The van der Waals surface area contributed by atoms with Crippen molar-refractivity contribution >= 4 is 55.0 Å². The summed E-state index contributed by atoms with van der Waals surface area (Å²) in [5, 5.41) is 6.30. The van der Waals surface area contributed by atoms with Crippen LogP contribution in [0.25, 0.3) is 0 Å². The third-order valence-electron chi connectivity index (χ3n) is 1.73. The standard InChI is InChI=1S/C9H6Br2N2O2S/c1-4-2-7(15-13-4)12-9(14)6-3-5(10)8(11)16-6/h2-3H,1H3,(H,12,14). The van der Waals surface area contributed by atoms with E-state index < -0.39 is 0 Å². The molecule has 16 heavy (non-hydrogen) atoms. The Morgan fingerprint density at radius 3 is 2.75 bits per heavy atom. The molecule has 0 spiro atoms. The molecular formula is C9H6Br2N2O2S. The van der Waals surface area contributed by atoms with Gasteiger partial charge in [-0.2, -0.15) is 0 Å². The van der Waals surface area contributed by atoms with Crippen molar-refractivity contribution < 1.29 is 9.32 Å². The largest absolute Gasteiger partial charge is 0.338 e. The van der Waals surface area contributed by atoms with Crippen LogP contribution in [-0.2, 0) is 0 Å². The molecule has 0 atom stereocenters. The van der Waals surface area contributed by atoms with Crippen molar-refractivity contribution in [3.05, 3.63) is 31.0 Å². The molecule has 0 radical (unpaired) electrons. The zero-order valence-corrected chi connectivity index (χ0v) is 12.1. The lowest BCUT2D eigenvalue weighted by Gasteiger charge is -1.96. The molecule has 84 valence electrons. The van der Waals surface area contributed by atoms with Gasteiger partial charge in [0, 0.05) is 10.5 Å². The number of thiophene rings is 1. The Bertz CT molecular complexity index is 516. The number of amides is 1. The van der Waals surface area contributed by atoms with Crippen LogP contribution in [-0.4, -0.2) is 11.1 Å². The van der Waals surface area contributed by atoms with Crippen molar-refractivity contribution in [2.75, 3.05) is 5.32 Å².